The van der Waals surface area contributed by atoms with Crippen LogP contribution in [0.3, 0.4) is 0 Å². The van der Waals surface area contributed by atoms with Crippen LogP contribution in [0.5, 0.6) is 0 Å². The Kier molecular flexibility index (Phi) is 2.92. The Balaban J connectivity index is 2.43. The first-order chi connectivity index (χ1) is 5.90. The van der Waals surface area contributed by atoms with Crippen LogP contribution in [0.1, 0.15) is 12.8 Å². The lowest BCUT2D eigenvalue weighted by molar-refractivity contribution is -0.127. The number of likely N-dealkylation sites (tertiary alicyclic amines) is 1. The van der Waals surface area contributed by atoms with E-state index in [9.17, 15) is 13.2 Å². The molecule has 0 N–H and O–H groups in total. The topological polar surface area (TPSA) is 63.7 Å². The fraction of sp³-hybridized carbons (Fsp3) is 0.857. The molecule has 5 nitrogen and oxygen atoms in total. The Bertz CT molecular complexity index is 298. The van der Waals surface area contributed by atoms with E-state index in [0.717, 1.165) is 6.26 Å². The van der Waals surface area contributed by atoms with E-state index in [1.165, 1.54) is 4.90 Å². The average molecular weight is 207 g/mol. The maximum absolute atomic E-state index is 11.0. The molecule has 0 bridgehead atoms. The zero-order valence-electron chi connectivity index (χ0n) is 7.69. The van der Waals surface area contributed by atoms with Crippen LogP contribution in [0.15, 0.2) is 0 Å². The monoisotopic (exact) mass is 207 g/mol. The number of carbonyl (C=O) groups is 1. The molecule has 76 valence electrons. The van der Waals surface area contributed by atoms with Crippen molar-refractivity contribution in [3.63, 3.8) is 0 Å². The van der Waals surface area contributed by atoms with Crippen molar-refractivity contribution in [2.45, 2.75) is 18.9 Å². The Hall–Kier alpha value is -0.620. The van der Waals surface area contributed by atoms with Crippen molar-refractivity contribution in [2.75, 3.05) is 19.9 Å². The molecule has 0 aromatic carbocycles. The SMILES string of the molecule is CN1C(=O)CCC1COS(C)(=O)=O. The molecule has 0 aromatic heterocycles. The molecule has 1 unspecified atom stereocenters. The van der Waals surface area contributed by atoms with Crippen molar-refractivity contribution in [3.8, 4) is 0 Å². The van der Waals surface area contributed by atoms with Crippen LogP contribution in [0.4, 0.5) is 0 Å². The molecule has 1 heterocycles. The Morgan fingerprint density at radius 3 is 2.62 bits per heavy atom. The van der Waals surface area contributed by atoms with E-state index in [1.807, 2.05) is 0 Å². The first-order valence-corrected chi connectivity index (χ1v) is 5.82. The van der Waals surface area contributed by atoms with E-state index in [1.54, 1.807) is 7.05 Å². The van der Waals surface area contributed by atoms with Gasteiger partial charge in [-0.2, -0.15) is 8.42 Å². The van der Waals surface area contributed by atoms with E-state index in [4.69, 9.17) is 0 Å². The standard InChI is InChI=1S/C7H13NO4S/c1-8-6(3-4-7(8)9)5-12-13(2,10)11/h6H,3-5H2,1-2H3. The van der Waals surface area contributed by atoms with E-state index in [2.05, 4.69) is 4.18 Å². The highest BCUT2D eigenvalue weighted by molar-refractivity contribution is 7.85. The summed E-state index contributed by atoms with van der Waals surface area (Å²) in [5.41, 5.74) is 0. The van der Waals surface area contributed by atoms with Gasteiger partial charge in [0.2, 0.25) is 5.91 Å². The first-order valence-electron chi connectivity index (χ1n) is 4.00. The van der Waals surface area contributed by atoms with Crippen LogP contribution in [-0.2, 0) is 19.1 Å². The zero-order chi connectivity index (χ0) is 10.1. The third-order valence-corrected chi connectivity index (χ3v) is 2.67. The third kappa shape index (κ3) is 2.96. The van der Waals surface area contributed by atoms with Crippen LogP contribution in [0.25, 0.3) is 0 Å². The van der Waals surface area contributed by atoms with Gasteiger partial charge in [0.1, 0.15) is 0 Å². The van der Waals surface area contributed by atoms with Gasteiger partial charge in [-0.25, -0.2) is 0 Å². The maximum Gasteiger partial charge on any atom is 0.264 e. The molecule has 13 heavy (non-hydrogen) atoms. The maximum atomic E-state index is 11.0. The van der Waals surface area contributed by atoms with Crippen molar-refractivity contribution >= 4 is 16.0 Å². The Morgan fingerprint density at radius 1 is 1.62 bits per heavy atom. The molecular weight excluding hydrogens is 194 g/mol. The van der Waals surface area contributed by atoms with Crippen LogP contribution >= 0.6 is 0 Å². The lowest BCUT2D eigenvalue weighted by Crippen LogP contribution is -2.33. The van der Waals surface area contributed by atoms with Gasteiger partial charge in [0.15, 0.2) is 0 Å². The quantitative estimate of drug-likeness (QED) is 0.590. The minimum atomic E-state index is -3.39. The van der Waals surface area contributed by atoms with Gasteiger partial charge >= 0.3 is 0 Å². The second-order valence-corrected chi connectivity index (χ2v) is 4.83. The minimum Gasteiger partial charge on any atom is -0.340 e. The van der Waals surface area contributed by atoms with Crippen molar-refractivity contribution in [3.05, 3.63) is 0 Å². The molecule has 0 radical (unpaired) electrons. The molecule has 6 heteroatoms. The second-order valence-electron chi connectivity index (χ2n) is 3.19. The molecule has 1 aliphatic rings. The Morgan fingerprint density at radius 2 is 2.23 bits per heavy atom. The summed E-state index contributed by atoms with van der Waals surface area (Å²) in [5, 5.41) is 0. The van der Waals surface area contributed by atoms with E-state index in [-0.39, 0.29) is 18.6 Å². The van der Waals surface area contributed by atoms with Crippen molar-refractivity contribution in [1.82, 2.24) is 4.90 Å². The average Bonchev–Trinajstić information content (AvgIpc) is 2.29. The molecule has 0 spiro atoms. The van der Waals surface area contributed by atoms with Gasteiger partial charge in [0.25, 0.3) is 10.1 Å². The summed E-state index contributed by atoms with van der Waals surface area (Å²) >= 11 is 0. The number of nitrogens with zero attached hydrogens (tertiary/aromatic N) is 1. The van der Waals surface area contributed by atoms with Gasteiger partial charge in [0, 0.05) is 13.5 Å². The summed E-state index contributed by atoms with van der Waals surface area (Å²) in [4.78, 5) is 12.6. The van der Waals surface area contributed by atoms with E-state index in [0.29, 0.717) is 12.8 Å². The normalized spacial score (nSPS) is 24.0. The van der Waals surface area contributed by atoms with Gasteiger partial charge < -0.3 is 4.90 Å². The fourth-order valence-electron chi connectivity index (χ4n) is 1.26. The van der Waals surface area contributed by atoms with Gasteiger partial charge in [-0.1, -0.05) is 0 Å². The van der Waals surface area contributed by atoms with Gasteiger partial charge in [-0.3, -0.25) is 8.98 Å². The first kappa shape index (κ1) is 10.5. The Labute approximate surface area is 77.8 Å². The summed E-state index contributed by atoms with van der Waals surface area (Å²) in [6.07, 6.45) is 2.16. The minimum absolute atomic E-state index is 0.0436. The number of rotatable bonds is 3. The summed E-state index contributed by atoms with van der Waals surface area (Å²) in [6.45, 7) is 0.0705. The second kappa shape index (κ2) is 3.63. The molecule has 0 saturated carbocycles. The molecule has 1 aliphatic heterocycles. The van der Waals surface area contributed by atoms with Crippen LogP contribution in [0, 0.1) is 0 Å². The lowest BCUT2D eigenvalue weighted by atomic mass is 10.2. The predicted octanol–water partition coefficient (Wildman–Crippen LogP) is -0.417. The molecule has 1 rings (SSSR count). The number of likely N-dealkylation sites (N-methyl/N-ethyl adjacent to an activating group) is 1. The summed E-state index contributed by atoms with van der Waals surface area (Å²) in [7, 11) is -1.73. The number of hydrogen-bond acceptors (Lipinski definition) is 4. The summed E-state index contributed by atoms with van der Waals surface area (Å²) in [5.74, 6) is 0.0436. The molecule has 1 saturated heterocycles. The smallest absolute Gasteiger partial charge is 0.264 e. The molecule has 0 aliphatic carbocycles. The third-order valence-electron chi connectivity index (χ3n) is 2.11. The van der Waals surface area contributed by atoms with E-state index >= 15 is 0 Å². The van der Waals surface area contributed by atoms with Gasteiger partial charge in [-0.05, 0) is 6.42 Å². The highest BCUT2D eigenvalue weighted by Gasteiger charge is 2.28. The number of amides is 1. The largest absolute Gasteiger partial charge is 0.340 e. The molecular formula is C7H13NO4S. The molecule has 1 fully saturated rings. The predicted molar refractivity (Wildman–Crippen MR) is 46.6 cm³/mol. The summed E-state index contributed by atoms with van der Waals surface area (Å²) in [6, 6.07) is -0.0952. The molecule has 1 amide bonds. The molecule has 0 aromatic rings. The van der Waals surface area contributed by atoms with Gasteiger partial charge in [0.05, 0.1) is 18.9 Å². The lowest BCUT2D eigenvalue weighted by Gasteiger charge is -2.18. The van der Waals surface area contributed by atoms with Crippen LogP contribution in [-0.4, -0.2) is 45.2 Å². The van der Waals surface area contributed by atoms with Crippen molar-refractivity contribution in [2.24, 2.45) is 0 Å². The van der Waals surface area contributed by atoms with Crippen molar-refractivity contribution < 1.29 is 17.4 Å². The molecule has 1 atom stereocenters. The van der Waals surface area contributed by atoms with E-state index < -0.39 is 10.1 Å². The highest BCUT2D eigenvalue weighted by atomic mass is 32.2. The van der Waals surface area contributed by atoms with Gasteiger partial charge in [-0.15, -0.1) is 0 Å². The van der Waals surface area contributed by atoms with Crippen molar-refractivity contribution in [1.29, 1.82) is 0 Å². The highest BCUT2D eigenvalue weighted by Crippen LogP contribution is 2.16. The number of hydrogen-bond donors (Lipinski definition) is 0. The van der Waals surface area contributed by atoms with Crippen LogP contribution < -0.4 is 0 Å². The van der Waals surface area contributed by atoms with Crippen LogP contribution in [0.2, 0.25) is 0 Å². The fourth-order valence-corrected chi connectivity index (χ4v) is 1.67. The number of carbonyl (C=O) groups excluding carboxylic acids is 1. The zero-order valence-corrected chi connectivity index (χ0v) is 8.50. The summed E-state index contributed by atoms with van der Waals surface area (Å²) < 4.78 is 25.9.